The quantitative estimate of drug-likeness (QED) is 0.0596. The van der Waals surface area contributed by atoms with Crippen LogP contribution >= 0.6 is 131 Å². The lowest BCUT2D eigenvalue weighted by atomic mass is 9.89. The normalized spacial score (nSPS) is 23.0. The van der Waals surface area contributed by atoms with Crippen LogP contribution in [0.1, 0.15) is 304 Å². The molecule has 0 aromatic heterocycles. The van der Waals surface area contributed by atoms with Gasteiger partial charge in [0.25, 0.3) is 0 Å². The standard InChI is InChI=1S/C60H92I6Si5/c1-33(2)45-25-49(37(9)10)57(50(26-45)38(11)12)67(61)68(62,58-51(39(13)14)27-46(34(3)4)28-52(58)40(15)16)70(64,60-55(43(21)22)31-48(36(7)8)32-56(60)44(23)24)71(65,66)69(67,63)59-53(41(17)18)29-47(35(5)6)30-54(59)42(19)20/h25-44H,1-24H3/t67-,68-,69+,70+/m1/s1. The van der Waals surface area contributed by atoms with E-state index in [1.54, 1.807) is 44.5 Å². The van der Waals surface area contributed by atoms with Crippen LogP contribution in [-0.4, -0.2) is 20.5 Å². The highest BCUT2D eigenvalue weighted by Gasteiger charge is 2.93. The third-order valence-electron chi connectivity index (χ3n) is 16.2. The highest BCUT2D eigenvalue weighted by molar-refractivity contribution is 14.3. The Bertz CT molecular complexity index is 2300. The number of rotatable bonds is 16. The van der Waals surface area contributed by atoms with Crippen molar-refractivity contribution in [2.24, 2.45) is 0 Å². The smallest absolute Gasteiger partial charge is 0.117 e. The van der Waals surface area contributed by atoms with Gasteiger partial charge in [-0.1, -0.05) is 215 Å². The molecular formula is C60H92I6Si5. The summed E-state index contributed by atoms with van der Waals surface area (Å²) in [7, 11) is 0. The zero-order chi connectivity index (χ0) is 54.3. The summed E-state index contributed by atoms with van der Waals surface area (Å²) in [5.74, 6) is 5.21. The van der Waals surface area contributed by atoms with E-state index in [-0.39, 0.29) is 0 Å². The summed E-state index contributed by atoms with van der Waals surface area (Å²) in [5, 5.41) is 7.65. The summed E-state index contributed by atoms with van der Waals surface area (Å²) in [6, 6.07) is 22.3. The minimum atomic E-state index is -2.90. The van der Waals surface area contributed by atoms with Crippen molar-refractivity contribution in [1.29, 1.82) is 0 Å². The third kappa shape index (κ3) is 10.6. The Morgan fingerprint density at radius 3 is 0.451 bits per heavy atom. The van der Waals surface area contributed by atoms with Crippen LogP contribution in [0, 0.1) is 0 Å². The number of halogens is 6. The summed E-state index contributed by atoms with van der Waals surface area (Å²) >= 11 is 21.3. The fraction of sp³-hybridized carbons (Fsp3) is 0.600. The van der Waals surface area contributed by atoms with Crippen LogP contribution < -0.4 is 20.7 Å². The fourth-order valence-electron chi connectivity index (χ4n) is 11.9. The van der Waals surface area contributed by atoms with Gasteiger partial charge in [0, 0.05) is 0 Å². The van der Waals surface area contributed by atoms with Crippen molar-refractivity contribution in [3.63, 3.8) is 0 Å². The predicted octanol–water partition coefficient (Wildman–Crippen LogP) is 20.3. The average molecular weight is 1720 g/mol. The van der Waals surface area contributed by atoms with Crippen molar-refractivity contribution < 1.29 is 0 Å². The SMILES string of the molecule is CC(C)c1cc(C(C)C)c([Si@@]2(I)[Si@](I)(c3c(C(C)C)cc(C(C)C)cc3C(C)C)[Si@@](I)(c3c(C(C)C)cc(C(C)C)cc3C(C)C)[Si](I)(I)[Si@]2(I)c2c(C(C)C)cc(C(C)C)cc2C(C)C)c(C(C)C)c1. The molecule has 5 rings (SSSR count). The molecule has 394 valence electrons. The van der Waals surface area contributed by atoms with E-state index in [0.717, 1.165) is 0 Å². The number of hydrogen-bond acceptors (Lipinski definition) is 0. The molecule has 1 aliphatic heterocycles. The molecule has 0 aliphatic carbocycles. The van der Waals surface area contributed by atoms with Gasteiger partial charge in [0.05, 0.1) is 0 Å². The van der Waals surface area contributed by atoms with Crippen molar-refractivity contribution in [3.8, 4) is 0 Å². The Balaban J connectivity index is 2.48. The van der Waals surface area contributed by atoms with Crippen LogP contribution in [0.15, 0.2) is 48.5 Å². The van der Waals surface area contributed by atoms with Gasteiger partial charge < -0.3 is 0 Å². The van der Waals surface area contributed by atoms with Gasteiger partial charge in [-0.2, -0.15) is 0 Å². The molecule has 4 aromatic rings. The number of hydrogen-bond donors (Lipinski definition) is 0. The molecule has 0 nitrogen and oxygen atoms in total. The molecule has 0 saturated carbocycles. The molecule has 4 atom stereocenters. The second-order valence-corrected chi connectivity index (χ2v) is 136. The lowest BCUT2D eigenvalue weighted by Crippen LogP contribution is -2.85. The first-order valence-corrected chi connectivity index (χ1v) is 61.0. The first kappa shape index (κ1) is 64.2. The molecule has 0 N–H and O–H groups in total. The molecule has 0 radical (unpaired) electrons. The second-order valence-electron chi connectivity index (χ2n) is 25.4. The van der Waals surface area contributed by atoms with Crippen LogP contribution in [-0.2, 0) is 0 Å². The highest BCUT2D eigenvalue weighted by atomic mass is 127. The van der Waals surface area contributed by atoms with Crippen LogP contribution in [0.3, 0.4) is 0 Å². The van der Waals surface area contributed by atoms with Gasteiger partial charge in [0.1, 0.15) is 0 Å². The summed E-state index contributed by atoms with van der Waals surface area (Å²) in [6.45, 7) is 60.6. The van der Waals surface area contributed by atoms with Crippen molar-refractivity contribution in [1.82, 2.24) is 0 Å². The molecule has 0 spiro atoms. The molecule has 1 heterocycles. The van der Waals surface area contributed by atoms with Gasteiger partial charge in [-0.05, 0) is 159 Å². The van der Waals surface area contributed by atoms with Gasteiger partial charge in [-0.3, -0.25) is 0 Å². The zero-order valence-corrected chi connectivity index (χ0v) is 66.3. The van der Waals surface area contributed by atoms with E-state index in [0.29, 0.717) is 71.0 Å². The van der Waals surface area contributed by atoms with E-state index in [9.17, 15) is 0 Å². The van der Waals surface area contributed by atoms with Gasteiger partial charge in [-0.15, -0.1) is 131 Å². The van der Waals surface area contributed by atoms with Crippen molar-refractivity contribution >= 4 is 172 Å². The van der Waals surface area contributed by atoms with Gasteiger partial charge >= 0.3 is 0 Å². The van der Waals surface area contributed by atoms with Crippen molar-refractivity contribution in [2.45, 2.75) is 237 Å². The number of benzene rings is 4. The average Bonchev–Trinajstić information content (AvgIpc) is 3.35. The monoisotopic (exact) mass is 1710 g/mol. The molecule has 0 amide bonds. The van der Waals surface area contributed by atoms with Gasteiger partial charge in [0.2, 0.25) is 2.10 Å². The first-order chi connectivity index (χ1) is 32.5. The molecular weight excluding hydrogens is 1620 g/mol. The molecule has 0 unspecified atom stereocenters. The van der Waals surface area contributed by atoms with E-state index in [1.807, 2.05) is 20.7 Å². The maximum absolute atomic E-state index is 3.60. The van der Waals surface area contributed by atoms with E-state index in [2.05, 4.69) is 345 Å². The Kier molecular flexibility index (Phi) is 21.5. The van der Waals surface area contributed by atoms with E-state index < -0.39 is 20.5 Å². The molecule has 0 bridgehead atoms. The van der Waals surface area contributed by atoms with E-state index >= 15 is 0 Å². The van der Waals surface area contributed by atoms with E-state index in [1.165, 1.54) is 22.3 Å². The molecule has 1 saturated heterocycles. The molecule has 4 aromatic carbocycles. The topological polar surface area (TPSA) is 0 Å². The minimum absolute atomic E-state index is 0.410. The van der Waals surface area contributed by atoms with Crippen LogP contribution in [0.5, 0.6) is 0 Å². The van der Waals surface area contributed by atoms with Crippen LogP contribution in [0.4, 0.5) is 0 Å². The van der Waals surface area contributed by atoms with Crippen molar-refractivity contribution in [2.75, 3.05) is 0 Å². The van der Waals surface area contributed by atoms with Gasteiger partial charge in [0.15, 0.2) is 18.4 Å². The summed E-state index contributed by atoms with van der Waals surface area (Å²) in [5.41, 5.74) is 19.7. The maximum atomic E-state index is 3.60. The molecule has 1 fully saturated rings. The largest absolute Gasteiger partial charge is 0.203 e. The molecule has 11 heteroatoms. The summed E-state index contributed by atoms with van der Waals surface area (Å²) < 4.78 is -13.9. The van der Waals surface area contributed by atoms with E-state index in [4.69, 9.17) is 0 Å². The minimum Gasteiger partial charge on any atom is -0.117 e. The lowest BCUT2D eigenvalue weighted by Gasteiger charge is -2.50. The Hall–Kier alpha value is 2.34. The van der Waals surface area contributed by atoms with Gasteiger partial charge in [-0.25, -0.2) is 0 Å². The Morgan fingerprint density at radius 2 is 0.338 bits per heavy atom. The summed E-state index contributed by atoms with van der Waals surface area (Å²) in [4.78, 5) is 0. The predicted molar refractivity (Wildman–Crippen MR) is 386 cm³/mol. The highest BCUT2D eigenvalue weighted by Crippen LogP contribution is 2.67. The molecule has 1 aliphatic rings. The second kappa shape index (κ2) is 23.8. The lowest BCUT2D eigenvalue weighted by molar-refractivity contribution is 0.811. The first-order valence-electron chi connectivity index (χ1n) is 27.3. The molecule has 71 heavy (non-hydrogen) atoms. The Labute approximate surface area is 517 Å². The van der Waals surface area contributed by atoms with Crippen molar-refractivity contribution in [3.05, 3.63) is 115 Å². The summed E-state index contributed by atoms with van der Waals surface area (Å²) in [6.07, 6.45) is 0. The third-order valence-corrected chi connectivity index (χ3v) is 304. The Morgan fingerprint density at radius 1 is 0.211 bits per heavy atom. The fourth-order valence-corrected chi connectivity index (χ4v) is 485. The van der Waals surface area contributed by atoms with Crippen LogP contribution in [0.2, 0.25) is 0 Å². The van der Waals surface area contributed by atoms with Crippen LogP contribution in [0.25, 0.3) is 0 Å². The maximum Gasteiger partial charge on any atom is 0.203 e. The zero-order valence-electron chi connectivity index (χ0n) is 48.3.